The molecular formula is C12H19NOS. The highest BCUT2D eigenvalue weighted by Gasteiger charge is 2.22. The fourth-order valence-corrected chi connectivity index (χ4v) is 3.16. The molecular weight excluding hydrogens is 206 g/mol. The van der Waals surface area contributed by atoms with Crippen LogP contribution in [0.25, 0.3) is 0 Å². The molecule has 0 radical (unpaired) electrons. The highest BCUT2D eigenvalue weighted by Crippen LogP contribution is 2.23. The van der Waals surface area contributed by atoms with Crippen LogP contribution in [0.3, 0.4) is 0 Å². The van der Waals surface area contributed by atoms with Gasteiger partial charge in [0, 0.05) is 17.5 Å². The number of piperidine rings is 1. The van der Waals surface area contributed by atoms with Gasteiger partial charge in [-0.1, -0.05) is 6.42 Å². The minimum Gasteiger partial charge on any atom is -0.395 e. The molecule has 0 amide bonds. The lowest BCUT2D eigenvalue weighted by Gasteiger charge is -2.34. The molecule has 3 heteroatoms. The van der Waals surface area contributed by atoms with Gasteiger partial charge in [-0.15, -0.1) is 11.3 Å². The number of hydrogen-bond donors (Lipinski definition) is 1. The highest BCUT2D eigenvalue weighted by molar-refractivity contribution is 7.10. The first kappa shape index (κ1) is 11.1. The Bertz CT molecular complexity index is 310. The fourth-order valence-electron chi connectivity index (χ4n) is 2.23. The molecule has 2 heterocycles. The van der Waals surface area contributed by atoms with E-state index in [-0.39, 0.29) is 0 Å². The lowest BCUT2D eigenvalue weighted by atomic mass is 10.0. The summed E-state index contributed by atoms with van der Waals surface area (Å²) in [5.74, 6) is 0. The molecule has 1 N–H and O–H groups in total. The molecule has 84 valence electrons. The zero-order valence-corrected chi connectivity index (χ0v) is 10.1. The van der Waals surface area contributed by atoms with E-state index in [0.717, 1.165) is 19.5 Å². The Hall–Kier alpha value is -0.380. The van der Waals surface area contributed by atoms with Crippen LogP contribution >= 0.6 is 11.3 Å². The van der Waals surface area contributed by atoms with E-state index in [1.165, 1.54) is 23.3 Å². The molecule has 0 aromatic carbocycles. The van der Waals surface area contributed by atoms with Gasteiger partial charge >= 0.3 is 0 Å². The number of aliphatic hydroxyl groups is 1. The van der Waals surface area contributed by atoms with Gasteiger partial charge in [-0.3, -0.25) is 4.90 Å². The van der Waals surface area contributed by atoms with Crippen molar-refractivity contribution in [3.8, 4) is 0 Å². The minimum atomic E-state index is 0.310. The van der Waals surface area contributed by atoms with Gasteiger partial charge in [0.25, 0.3) is 0 Å². The summed E-state index contributed by atoms with van der Waals surface area (Å²) in [5, 5.41) is 11.5. The Morgan fingerprint density at radius 2 is 2.40 bits per heavy atom. The van der Waals surface area contributed by atoms with Crippen molar-refractivity contribution < 1.29 is 5.11 Å². The summed E-state index contributed by atoms with van der Waals surface area (Å²) in [5.41, 5.74) is 1.39. The zero-order chi connectivity index (χ0) is 10.7. The van der Waals surface area contributed by atoms with Crippen molar-refractivity contribution in [2.75, 3.05) is 13.2 Å². The average Bonchev–Trinajstić information content (AvgIpc) is 2.65. The summed E-state index contributed by atoms with van der Waals surface area (Å²) in [6.07, 6.45) is 3.70. The van der Waals surface area contributed by atoms with Gasteiger partial charge in [-0.2, -0.15) is 0 Å². The molecule has 1 fully saturated rings. The van der Waals surface area contributed by atoms with Crippen molar-refractivity contribution in [3.05, 3.63) is 21.9 Å². The van der Waals surface area contributed by atoms with Crippen molar-refractivity contribution in [3.63, 3.8) is 0 Å². The highest BCUT2D eigenvalue weighted by atomic mass is 32.1. The second-order valence-corrected chi connectivity index (χ2v) is 5.33. The Labute approximate surface area is 95.5 Å². The van der Waals surface area contributed by atoms with E-state index in [0.29, 0.717) is 12.6 Å². The molecule has 0 bridgehead atoms. The third-order valence-electron chi connectivity index (χ3n) is 3.27. The van der Waals surface area contributed by atoms with Crippen LogP contribution in [-0.2, 0) is 6.54 Å². The molecule has 0 saturated carbocycles. The third kappa shape index (κ3) is 2.60. The molecule has 2 rings (SSSR count). The van der Waals surface area contributed by atoms with Crippen LogP contribution in [0.2, 0.25) is 0 Å². The number of aryl methyl sites for hydroxylation is 1. The van der Waals surface area contributed by atoms with Crippen LogP contribution < -0.4 is 0 Å². The molecule has 1 aliphatic rings. The van der Waals surface area contributed by atoms with Gasteiger partial charge in [0.05, 0.1) is 6.61 Å². The predicted molar refractivity (Wildman–Crippen MR) is 64.2 cm³/mol. The summed E-state index contributed by atoms with van der Waals surface area (Å²) in [6, 6.07) is 2.57. The largest absolute Gasteiger partial charge is 0.395 e. The first-order chi connectivity index (χ1) is 7.31. The number of rotatable bonds is 3. The Kier molecular flexibility index (Phi) is 3.78. The molecule has 1 saturated heterocycles. The number of likely N-dealkylation sites (tertiary alicyclic amines) is 1. The van der Waals surface area contributed by atoms with Crippen LogP contribution in [0.15, 0.2) is 11.4 Å². The second kappa shape index (κ2) is 5.10. The van der Waals surface area contributed by atoms with Crippen molar-refractivity contribution in [1.29, 1.82) is 0 Å². The van der Waals surface area contributed by atoms with Crippen LogP contribution in [0.1, 0.15) is 29.7 Å². The molecule has 0 spiro atoms. The number of hydrogen-bond acceptors (Lipinski definition) is 3. The summed E-state index contributed by atoms with van der Waals surface area (Å²) >= 11 is 1.83. The molecule has 1 aromatic rings. The molecule has 1 aromatic heterocycles. The van der Waals surface area contributed by atoms with Crippen LogP contribution in [0.4, 0.5) is 0 Å². The van der Waals surface area contributed by atoms with E-state index < -0.39 is 0 Å². The van der Waals surface area contributed by atoms with Crippen molar-refractivity contribution in [2.45, 2.75) is 38.8 Å². The summed E-state index contributed by atoms with van der Waals surface area (Å²) < 4.78 is 0. The third-order valence-corrected chi connectivity index (χ3v) is 4.28. The summed E-state index contributed by atoms with van der Waals surface area (Å²) in [6.45, 7) is 4.64. The van der Waals surface area contributed by atoms with Crippen LogP contribution in [-0.4, -0.2) is 29.2 Å². The smallest absolute Gasteiger partial charge is 0.0587 e. The van der Waals surface area contributed by atoms with Crippen molar-refractivity contribution >= 4 is 11.3 Å². The van der Waals surface area contributed by atoms with Gasteiger partial charge in [-0.05, 0) is 43.3 Å². The monoisotopic (exact) mass is 225 g/mol. The molecule has 1 atom stereocenters. The Morgan fingerprint density at radius 3 is 3.07 bits per heavy atom. The van der Waals surface area contributed by atoms with Gasteiger partial charge < -0.3 is 5.11 Å². The lowest BCUT2D eigenvalue weighted by molar-refractivity contribution is 0.0848. The molecule has 2 nitrogen and oxygen atoms in total. The van der Waals surface area contributed by atoms with E-state index >= 15 is 0 Å². The standard InChI is InChI=1S/C12H19NOS/c1-10-5-7-15-12(10)8-13-6-3-2-4-11(13)9-14/h5,7,11,14H,2-4,6,8-9H2,1H3/t11-/m1/s1. The number of thiophene rings is 1. The number of aliphatic hydroxyl groups excluding tert-OH is 1. The maximum Gasteiger partial charge on any atom is 0.0587 e. The minimum absolute atomic E-state index is 0.310. The van der Waals surface area contributed by atoms with Gasteiger partial charge in [0.1, 0.15) is 0 Å². The van der Waals surface area contributed by atoms with Crippen molar-refractivity contribution in [1.82, 2.24) is 4.90 Å². The predicted octanol–water partition coefficient (Wildman–Crippen LogP) is 2.40. The van der Waals surface area contributed by atoms with Crippen molar-refractivity contribution in [2.24, 2.45) is 0 Å². The quantitative estimate of drug-likeness (QED) is 0.854. The molecule has 0 aliphatic carbocycles. The maximum absolute atomic E-state index is 9.32. The SMILES string of the molecule is Cc1ccsc1CN1CCCC[C@@H]1CO. The van der Waals surface area contributed by atoms with Gasteiger partial charge in [-0.25, -0.2) is 0 Å². The van der Waals surface area contributed by atoms with E-state index in [4.69, 9.17) is 0 Å². The van der Waals surface area contributed by atoms with Crippen LogP contribution in [0.5, 0.6) is 0 Å². The van der Waals surface area contributed by atoms with E-state index in [2.05, 4.69) is 23.3 Å². The average molecular weight is 225 g/mol. The van der Waals surface area contributed by atoms with Gasteiger partial charge in [0.2, 0.25) is 0 Å². The number of nitrogens with zero attached hydrogens (tertiary/aromatic N) is 1. The van der Waals surface area contributed by atoms with E-state index in [1.54, 1.807) is 0 Å². The fraction of sp³-hybridized carbons (Fsp3) is 0.667. The molecule has 1 aliphatic heterocycles. The lowest BCUT2D eigenvalue weighted by Crippen LogP contribution is -2.41. The zero-order valence-electron chi connectivity index (χ0n) is 9.28. The normalized spacial score (nSPS) is 23.2. The van der Waals surface area contributed by atoms with Gasteiger partial charge in [0.15, 0.2) is 0 Å². The first-order valence-electron chi connectivity index (χ1n) is 5.69. The van der Waals surface area contributed by atoms with E-state index in [9.17, 15) is 5.11 Å². The second-order valence-electron chi connectivity index (χ2n) is 4.33. The Morgan fingerprint density at radius 1 is 1.53 bits per heavy atom. The molecule has 0 unspecified atom stereocenters. The Balaban J connectivity index is 2.00. The topological polar surface area (TPSA) is 23.5 Å². The first-order valence-corrected chi connectivity index (χ1v) is 6.57. The summed E-state index contributed by atoms with van der Waals surface area (Å²) in [7, 11) is 0. The van der Waals surface area contributed by atoms with E-state index in [1.807, 2.05) is 11.3 Å². The maximum atomic E-state index is 9.32. The summed E-state index contributed by atoms with van der Waals surface area (Å²) in [4.78, 5) is 3.89. The van der Waals surface area contributed by atoms with Crippen LogP contribution in [0, 0.1) is 6.92 Å². The molecule has 15 heavy (non-hydrogen) atoms.